The number of nitrogens with zero attached hydrogens (tertiary/aromatic N) is 3. The summed E-state index contributed by atoms with van der Waals surface area (Å²) in [6, 6.07) is 9.79. The monoisotopic (exact) mass is 269 g/mol. The second-order valence-corrected chi connectivity index (χ2v) is 3.98. The zero-order valence-electron chi connectivity index (χ0n) is 10.7. The van der Waals surface area contributed by atoms with Crippen molar-refractivity contribution < 1.29 is 9.66 Å². The Bertz CT molecular complexity index is 692. The molecule has 100 valence electrons. The smallest absolute Gasteiger partial charge is 0.311 e. The third-order valence-corrected chi connectivity index (χ3v) is 2.73. The molecular weight excluding hydrogens is 258 g/mol. The van der Waals surface area contributed by atoms with Crippen molar-refractivity contribution in [3.05, 3.63) is 57.8 Å². The number of nitro benzene ring substituents is 1. The first kappa shape index (κ1) is 13.5. The lowest BCUT2D eigenvalue weighted by Crippen LogP contribution is -1.97. The molecule has 0 amide bonds. The molecular formula is C14H11N3O3. The standard InChI is InChI=1S/C14H11N3O3/c1-2-10-5-6-13(12(8-10)17(18)19)20-14-11(9-15)4-3-7-16-14/h3-8H,2H2,1H3. The van der Waals surface area contributed by atoms with Crippen LogP contribution in [0, 0.1) is 21.4 Å². The van der Waals surface area contributed by atoms with Gasteiger partial charge in [-0.05, 0) is 30.2 Å². The molecule has 0 spiro atoms. The summed E-state index contributed by atoms with van der Waals surface area (Å²) in [5.41, 5.74) is 0.922. The predicted molar refractivity (Wildman–Crippen MR) is 71.5 cm³/mol. The molecule has 2 rings (SSSR count). The highest BCUT2D eigenvalue weighted by Gasteiger charge is 2.18. The van der Waals surface area contributed by atoms with Crippen molar-refractivity contribution in [3.8, 4) is 17.7 Å². The normalized spacial score (nSPS) is 9.80. The molecule has 0 saturated heterocycles. The highest BCUT2D eigenvalue weighted by molar-refractivity contribution is 5.51. The highest BCUT2D eigenvalue weighted by atomic mass is 16.6. The van der Waals surface area contributed by atoms with E-state index in [1.165, 1.54) is 24.4 Å². The van der Waals surface area contributed by atoms with E-state index in [1.807, 2.05) is 13.0 Å². The van der Waals surface area contributed by atoms with Gasteiger partial charge < -0.3 is 4.74 Å². The lowest BCUT2D eigenvalue weighted by Gasteiger charge is -2.07. The van der Waals surface area contributed by atoms with Crippen LogP contribution in [0.1, 0.15) is 18.1 Å². The molecule has 0 unspecified atom stereocenters. The average molecular weight is 269 g/mol. The number of hydrogen-bond acceptors (Lipinski definition) is 5. The number of hydrogen-bond donors (Lipinski definition) is 0. The molecule has 20 heavy (non-hydrogen) atoms. The molecule has 0 aliphatic carbocycles. The van der Waals surface area contributed by atoms with Crippen LogP contribution in [0.5, 0.6) is 11.6 Å². The molecule has 0 bridgehead atoms. The molecule has 0 saturated carbocycles. The third kappa shape index (κ3) is 2.72. The van der Waals surface area contributed by atoms with E-state index < -0.39 is 4.92 Å². The summed E-state index contributed by atoms with van der Waals surface area (Å²) < 4.78 is 5.42. The van der Waals surface area contributed by atoms with Crippen molar-refractivity contribution in [2.45, 2.75) is 13.3 Å². The summed E-state index contributed by atoms with van der Waals surface area (Å²) in [4.78, 5) is 14.5. The first-order valence-electron chi connectivity index (χ1n) is 5.96. The van der Waals surface area contributed by atoms with Crippen molar-refractivity contribution in [2.24, 2.45) is 0 Å². The first-order chi connectivity index (χ1) is 9.65. The minimum Gasteiger partial charge on any atom is -0.430 e. The molecule has 1 heterocycles. The Morgan fingerprint density at radius 2 is 2.25 bits per heavy atom. The van der Waals surface area contributed by atoms with E-state index in [9.17, 15) is 10.1 Å². The van der Waals surface area contributed by atoms with Gasteiger partial charge in [0, 0.05) is 12.3 Å². The summed E-state index contributed by atoms with van der Waals surface area (Å²) in [7, 11) is 0. The number of nitro groups is 1. The number of rotatable bonds is 4. The van der Waals surface area contributed by atoms with Crippen molar-refractivity contribution in [1.82, 2.24) is 4.98 Å². The van der Waals surface area contributed by atoms with Gasteiger partial charge in [-0.2, -0.15) is 5.26 Å². The van der Waals surface area contributed by atoms with E-state index in [1.54, 1.807) is 12.1 Å². The van der Waals surface area contributed by atoms with Crippen molar-refractivity contribution in [3.63, 3.8) is 0 Å². The topological polar surface area (TPSA) is 89.0 Å². The van der Waals surface area contributed by atoms with Gasteiger partial charge in [0.05, 0.1) is 4.92 Å². The van der Waals surface area contributed by atoms with Crippen LogP contribution in [0.15, 0.2) is 36.5 Å². The van der Waals surface area contributed by atoms with Gasteiger partial charge in [-0.3, -0.25) is 10.1 Å². The summed E-state index contributed by atoms with van der Waals surface area (Å²) >= 11 is 0. The predicted octanol–water partition coefficient (Wildman–Crippen LogP) is 3.22. The van der Waals surface area contributed by atoms with Gasteiger partial charge >= 0.3 is 5.69 Å². The maximum absolute atomic E-state index is 11.1. The Balaban J connectivity index is 2.43. The largest absolute Gasteiger partial charge is 0.430 e. The second-order valence-electron chi connectivity index (χ2n) is 3.98. The SMILES string of the molecule is CCc1ccc(Oc2ncccc2C#N)c([N+](=O)[O-])c1. The molecule has 1 aromatic carbocycles. The summed E-state index contributed by atoms with van der Waals surface area (Å²) in [6.45, 7) is 1.91. The van der Waals surface area contributed by atoms with Crippen molar-refractivity contribution in [1.29, 1.82) is 5.26 Å². The van der Waals surface area contributed by atoms with Crippen LogP contribution in [0.4, 0.5) is 5.69 Å². The number of ether oxygens (including phenoxy) is 1. The van der Waals surface area contributed by atoms with Gasteiger partial charge in [0.15, 0.2) is 0 Å². The maximum atomic E-state index is 11.1. The molecule has 0 aliphatic rings. The molecule has 6 nitrogen and oxygen atoms in total. The minimum absolute atomic E-state index is 0.0577. The van der Waals surface area contributed by atoms with E-state index in [0.717, 1.165) is 5.56 Å². The quantitative estimate of drug-likeness (QED) is 0.628. The summed E-state index contributed by atoms with van der Waals surface area (Å²) in [5, 5.41) is 20.0. The van der Waals surface area contributed by atoms with E-state index in [0.29, 0.717) is 6.42 Å². The van der Waals surface area contributed by atoms with Crippen LogP contribution in [0.3, 0.4) is 0 Å². The Morgan fingerprint density at radius 1 is 1.45 bits per heavy atom. The van der Waals surface area contributed by atoms with Gasteiger partial charge in [-0.25, -0.2) is 4.98 Å². The van der Waals surface area contributed by atoms with Gasteiger partial charge in [0.1, 0.15) is 11.6 Å². The van der Waals surface area contributed by atoms with Gasteiger partial charge in [-0.15, -0.1) is 0 Å². The lowest BCUT2D eigenvalue weighted by molar-refractivity contribution is -0.385. The van der Waals surface area contributed by atoms with E-state index in [4.69, 9.17) is 10.00 Å². The van der Waals surface area contributed by atoms with Crippen LogP contribution in [-0.4, -0.2) is 9.91 Å². The first-order valence-corrected chi connectivity index (χ1v) is 5.96. The van der Waals surface area contributed by atoms with Crippen LogP contribution >= 0.6 is 0 Å². The number of pyridine rings is 1. The zero-order valence-corrected chi connectivity index (χ0v) is 10.7. The van der Waals surface area contributed by atoms with Crippen LogP contribution < -0.4 is 4.74 Å². The number of benzene rings is 1. The Labute approximate surface area is 115 Å². The van der Waals surface area contributed by atoms with E-state index >= 15 is 0 Å². The maximum Gasteiger partial charge on any atom is 0.311 e. The fraction of sp³-hybridized carbons (Fsp3) is 0.143. The van der Waals surface area contributed by atoms with Crippen LogP contribution in [0.2, 0.25) is 0 Å². The van der Waals surface area contributed by atoms with Crippen LogP contribution in [-0.2, 0) is 6.42 Å². The third-order valence-electron chi connectivity index (χ3n) is 2.73. The molecule has 2 aromatic rings. The number of nitriles is 1. The van der Waals surface area contributed by atoms with Crippen molar-refractivity contribution >= 4 is 5.69 Å². The van der Waals surface area contributed by atoms with Crippen LogP contribution in [0.25, 0.3) is 0 Å². The lowest BCUT2D eigenvalue weighted by atomic mass is 10.1. The zero-order chi connectivity index (χ0) is 14.5. The van der Waals surface area contributed by atoms with E-state index in [-0.39, 0.29) is 22.9 Å². The Hall–Kier alpha value is -2.94. The summed E-state index contributed by atoms with van der Waals surface area (Å²) in [6.07, 6.45) is 2.15. The Kier molecular flexibility index (Phi) is 3.91. The molecule has 0 N–H and O–H groups in total. The number of aromatic nitrogens is 1. The Morgan fingerprint density at radius 3 is 2.90 bits per heavy atom. The fourth-order valence-corrected chi connectivity index (χ4v) is 1.67. The molecule has 1 aromatic heterocycles. The van der Waals surface area contributed by atoms with E-state index in [2.05, 4.69) is 4.98 Å². The average Bonchev–Trinajstić information content (AvgIpc) is 2.48. The highest BCUT2D eigenvalue weighted by Crippen LogP contribution is 2.32. The number of aryl methyl sites for hydroxylation is 1. The van der Waals surface area contributed by atoms with Gasteiger partial charge in [-0.1, -0.05) is 13.0 Å². The molecule has 0 fully saturated rings. The fourth-order valence-electron chi connectivity index (χ4n) is 1.67. The van der Waals surface area contributed by atoms with Crippen molar-refractivity contribution in [2.75, 3.05) is 0 Å². The molecule has 6 heteroatoms. The second kappa shape index (κ2) is 5.80. The molecule has 0 atom stereocenters. The molecule has 0 radical (unpaired) electrons. The van der Waals surface area contributed by atoms with Gasteiger partial charge in [0.2, 0.25) is 11.6 Å². The summed E-state index contributed by atoms with van der Waals surface area (Å²) in [5.74, 6) is 0.129. The molecule has 0 aliphatic heterocycles. The van der Waals surface area contributed by atoms with Gasteiger partial charge in [0.25, 0.3) is 0 Å². The minimum atomic E-state index is -0.510.